The number of amides is 1. The zero-order valence-electron chi connectivity index (χ0n) is 15.9. The third-order valence-electron chi connectivity index (χ3n) is 5.54. The highest BCUT2D eigenvalue weighted by Gasteiger charge is 2.24. The Morgan fingerprint density at radius 3 is 2.00 bits per heavy atom. The number of hydrogen-bond acceptors (Lipinski definition) is 2. The van der Waals surface area contributed by atoms with E-state index >= 15 is 0 Å². The van der Waals surface area contributed by atoms with Gasteiger partial charge < -0.3 is 5.32 Å². The van der Waals surface area contributed by atoms with Crippen LogP contribution in [0.2, 0.25) is 0 Å². The van der Waals surface area contributed by atoms with E-state index in [1.54, 1.807) is 0 Å². The zero-order chi connectivity index (χ0) is 18.4. The molecule has 26 heavy (non-hydrogen) atoms. The first-order valence-electron chi connectivity index (χ1n) is 9.77. The summed E-state index contributed by atoms with van der Waals surface area (Å²) in [5.41, 5.74) is 2.08. The number of hydrogen-bond donors (Lipinski definition) is 1. The third kappa shape index (κ3) is 4.73. The maximum absolute atomic E-state index is 13.1. The van der Waals surface area contributed by atoms with E-state index < -0.39 is 0 Å². The van der Waals surface area contributed by atoms with Crippen molar-refractivity contribution in [2.24, 2.45) is 5.92 Å². The van der Waals surface area contributed by atoms with Gasteiger partial charge in [0.05, 0.1) is 5.92 Å². The summed E-state index contributed by atoms with van der Waals surface area (Å²) in [4.78, 5) is 15.6. The number of carbonyl (C=O) groups is 1. The normalized spacial score (nSPS) is 17.2. The second-order valence-electron chi connectivity index (χ2n) is 7.57. The smallest absolute Gasteiger partial charge is 0.232 e. The van der Waals surface area contributed by atoms with E-state index in [9.17, 15) is 4.79 Å². The molecule has 0 radical (unpaired) electrons. The van der Waals surface area contributed by atoms with Crippen molar-refractivity contribution in [1.82, 2.24) is 10.2 Å². The van der Waals surface area contributed by atoms with Crippen LogP contribution in [-0.2, 0) is 4.79 Å². The molecule has 2 aromatic rings. The standard InChI is InChI=1S/C23H30N2O/c1-18-13-15-25(16-14-18)19(2)17-24-23(26)22(20-9-5-3-6-10-20)21-11-7-4-8-12-21/h3-12,18-19,22H,13-17H2,1-2H3,(H,24,26). The first-order chi connectivity index (χ1) is 12.6. The van der Waals surface area contributed by atoms with Gasteiger partial charge in [0.15, 0.2) is 0 Å². The van der Waals surface area contributed by atoms with E-state index in [1.165, 1.54) is 12.8 Å². The molecule has 1 saturated heterocycles. The molecule has 3 heteroatoms. The van der Waals surface area contributed by atoms with Crippen molar-refractivity contribution in [3.63, 3.8) is 0 Å². The summed E-state index contributed by atoms with van der Waals surface area (Å²) < 4.78 is 0. The monoisotopic (exact) mass is 350 g/mol. The molecule has 0 bridgehead atoms. The molecule has 1 heterocycles. The Kier molecular flexibility index (Phi) is 6.45. The van der Waals surface area contributed by atoms with Gasteiger partial charge in [-0.15, -0.1) is 0 Å². The summed E-state index contributed by atoms with van der Waals surface area (Å²) in [5, 5.41) is 3.21. The summed E-state index contributed by atoms with van der Waals surface area (Å²) in [6, 6.07) is 20.5. The van der Waals surface area contributed by atoms with Crippen molar-refractivity contribution in [2.75, 3.05) is 19.6 Å². The Hall–Kier alpha value is -2.13. The van der Waals surface area contributed by atoms with Gasteiger partial charge in [-0.3, -0.25) is 9.69 Å². The number of nitrogens with one attached hydrogen (secondary N) is 1. The molecule has 0 saturated carbocycles. The van der Waals surface area contributed by atoms with Crippen LogP contribution >= 0.6 is 0 Å². The molecule has 3 rings (SSSR count). The Morgan fingerprint density at radius 2 is 1.50 bits per heavy atom. The highest BCUT2D eigenvalue weighted by Crippen LogP contribution is 2.25. The van der Waals surface area contributed by atoms with Crippen molar-refractivity contribution in [3.8, 4) is 0 Å². The van der Waals surface area contributed by atoms with Gasteiger partial charge in [0.2, 0.25) is 5.91 Å². The van der Waals surface area contributed by atoms with Crippen LogP contribution in [0.5, 0.6) is 0 Å². The van der Waals surface area contributed by atoms with Crippen molar-refractivity contribution >= 4 is 5.91 Å². The zero-order valence-corrected chi connectivity index (χ0v) is 15.9. The van der Waals surface area contributed by atoms with Gasteiger partial charge >= 0.3 is 0 Å². The van der Waals surface area contributed by atoms with Gasteiger partial charge in [-0.25, -0.2) is 0 Å². The Balaban J connectivity index is 1.66. The fraction of sp³-hybridized carbons (Fsp3) is 0.435. The van der Waals surface area contributed by atoms with Crippen LogP contribution in [0.25, 0.3) is 0 Å². The molecular formula is C23H30N2O. The first-order valence-corrected chi connectivity index (χ1v) is 9.77. The van der Waals surface area contributed by atoms with Gasteiger partial charge in [0.25, 0.3) is 0 Å². The van der Waals surface area contributed by atoms with E-state index in [1.807, 2.05) is 60.7 Å². The van der Waals surface area contributed by atoms with Gasteiger partial charge in [-0.05, 0) is 49.9 Å². The molecule has 2 aromatic carbocycles. The second kappa shape index (κ2) is 9.00. The van der Waals surface area contributed by atoms with Crippen LogP contribution < -0.4 is 5.32 Å². The molecule has 1 atom stereocenters. The maximum Gasteiger partial charge on any atom is 0.232 e. The molecule has 3 nitrogen and oxygen atoms in total. The van der Waals surface area contributed by atoms with Gasteiger partial charge in [-0.1, -0.05) is 67.6 Å². The van der Waals surface area contributed by atoms with Gasteiger partial charge in [-0.2, -0.15) is 0 Å². The molecule has 138 valence electrons. The van der Waals surface area contributed by atoms with Crippen LogP contribution in [-0.4, -0.2) is 36.5 Å². The summed E-state index contributed by atoms with van der Waals surface area (Å²) in [5.74, 6) is 0.652. The highest BCUT2D eigenvalue weighted by atomic mass is 16.1. The Morgan fingerprint density at radius 1 is 1.00 bits per heavy atom. The number of carbonyl (C=O) groups excluding carboxylic acids is 1. The number of piperidine rings is 1. The summed E-state index contributed by atoms with van der Waals surface area (Å²) in [6.45, 7) is 7.52. The van der Waals surface area contributed by atoms with Crippen LogP contribution in [0.4, 0.5) is 0 Å². The predicted molar refractivity (Wildman–Crippen MR) is 107 cm³/mol. The fourth-order valence-electron chi connectivity index (χ4n) is 3.73. The molecule has 1 aliphatic rings. The first kappa shape index (κ1) is 18.7. The van der Waals surface area contributed by atoms with E-state index in [4.69, 9.17) is 0 Å². The fourth-order valence-corrected chi connectivity index (χ4v) is 3.73. The van der Waals surface area contributed by atoms with E-state index in [0.717, 1.165) is 30.1 Å². The average Bonchev–Trinajstić information content (AvgIpc) is 2.68. The number of benzene rings is 2. The Bertz CT molecular complexity index is 638. The molecule has 1 aliphatic heterocycles. The van der Waals surface area contributed by atoms with Crippen molar-refractivity contribution in [1.29, 1.82) is 0 Å². The molecular weight excluding hydrogens is 320 g/mol. The van der Waals surface area contributed by atoms with Crippen molar-refractivity contribution in [3.05, 3.63) is 71.8 Å². The molecule has 0 aromatic heterocycles. The minimum absolute atomic E-state index is 0.0830. The molecule has 1 fully saturated rings. The van der Waals surface area contributed by atoms with Crippen molar-refractivity contribution < 1.29 is 4.79 Å². The third-order valence-corrected chi connectivity index (χ3v) is 5.54. The van der Waals surface area contributed by atoms with Crippen molar-refractivity contribution in [2.45, 2.75) is 38.6 Å². The minimum atomic E-state index is -0.258. The summed E-state index contributed by atoms with van der Waals surface area (Å²) in [7, 11) is 0. The molecule has 1 N–H and O–H groups in total. The minimum Gasteiger partial charge on any atom is -0.354 e. The Labute approximate surface area is 157 Å². The van der Waals surface area contributed by atoms with E-state index in [-0.39, 0.29) is 11.8 Å². The lowest BCUT2D eigenvalue weighted by molar-refractivity contribution is -0.122. The molecule has 0 spiro atoms. The van der Waals surface area contributed by atoms with Crippen LogP contribution in [0.3, 0.4) is 0 Å². The highest BCUT2D eigenvalue weighted by molar-refractivity contribution is 5.87. The van der Waals surface area contributed by atoms with Crippen LogP contribution in [0, 0.1) is 5.92 Å². The topological polar surface area (TPSA) is 32.3 Å². The number of rotatable bonds is 6. The lowest BCUT2D eigenvalue weighted by Crippen LogP contribution is -2.46. The number of likely N-dealkylation sites (tertiary alicyclic amines) is 1. The molecule has 0 aliphatic carbocycles. The quantitative estimate of drug-likeness (QED) is 0.852. The van der Waals surface area contributed by atoms with Crippen LogP contribution in [0.15, 0.2) is 60.7 Å². The average molecular weight is 351 g/mol. The van der Waals surface area contributed by atoms with Gasteiger partial charge in [0, 0.05) is 12.6 Å². The molecule has 1 amide bonds. The van der Waals surface area contributed by atoms with E-state index in [0.29, 0.717) is 12.6 Å². The van der Waals surface area contributed by atoms with Crippen LogP contribution in [0.1, 0.15) is 43.7 Å². The summed E-state index contributed by atoms with van der Waals surface area (Å²) in [6.07, 6.45) is 2.52. The second-order valence-corrected chi connectivity index (χ2v) is 7.57. The predicted octanol–water partition coefficient (Wildman–Crippen LogP) is 4.06. The largest absolute Gasteiger partial charge is 0.354 e. The van der Waals surface area contributed by atoms with E-state index in [2.05, 4.69) is 24.1 Å². The lowest BCUT2D eigenvalue weighted by Gasteiger charge is -2.35. The molecule has 1 unspecified atom stereocenters. The van der Waals surface area contributed by atoms with Gasteiger partial charge in [0.1, 0.15) is 0 Å². The maximum atomic E-state index is 13.1. The lowest BCUT2D eigenvalue weighted by atomic mass is 9.90. The summed E-state index contributed by atoms with van der Waals surface area (Å²) >= 11 is 0. The number of nitrogens with zero attached hydrogens (tertiary/aromatic N) is 1. The SMILES string of the molecule is CC1CCN(C(C)CNC(=O)C(c2ccccc2)c2ccccc2)CC1.